The van der Waals surface area contributed by atoms with Crippen LogP contribution in [0.25, 0.3) is 0 Å². The smallest absolute Gasteiger partial charge is 0.124 e. The predicted molar refractivity (Wildman–Crippen MR) is 84.6 cm³/mol. The van der Waals surface area contributed by atoms with Crippen LogP contribution in [0.1, 0.15) is 29.7 Å². The number of ether oxygens (including phenoxy) is 1. The minimum absolute atomic E-state index is 0.0829. The number of benzene rings is 2. The molecule has 2 aromatic rings. The summed E-state index contributed by atoms with van der Waals surface area (Å²) in [6.07, 6.45) is 0. The van der Waals surface area contributed by atoms with E-state index in [1.165, 1.54) is 0 Å². The summed E-state index contributed by atoms with van der Waals surface area (Å²) in [6.45, 7) is 4.32. The fraction of sp³-hybridized carbons (Fsp3) is 0.250. The molecule has 0 bridgehead atoms. The van der Waals surface area contributed by atoms with E-state index in [2.05, 4.69) is 0 Å². The highest BCUT2D eigenvalue weighted by Crippen LogP contribution is 2.27. The molecule has 20 heavy (non-hydrogen) atoms. The van der Waals surface area contributed by atoms with Crippen molar-refractivity contribution in [3.63, 3.8) is 0 Å². The van der Waals surface area contributed by atoms with Crippen molar-refractivity contribution in [2.45, 2.75) is 26.5 Å². The van der Waals surface area contributed by atoms with Gasteiger partial charge in [-0.15, -0.1) is 0 Å². The summed E-state index contributed by atoms with van der Waals surface area (Å²) >= 11 is 12.1. The maximum absolute atomic E-state index is 6.13. The Morgan fingerprint density at radius 2 is 1.90 bits per heavy atom. The van der Waals surface area contributed by atoms with Crippen LogP contribution in [0, 0.1) is 6.92 Å². The molecule has 1 atom stereocenters. The summed E-state index contributed by atoms with van der Waals surface area (Å²) < 4.78 is 5.88. The molecule has 0 saturated carbocycles. The van der Waals surface area contributed by atoms with Crippen LogP contribution in [0.3, 0.4) is 0 Å². The van der Waals surface area contributed by atoms with E-state index >= 15 is 0 Å². The minimum atomic E-state index is -0.0829. The second-order valence-electron chi connectivity index (χ2n) is 4.85. The van der Waals surface area contributed by atoms with Gasteiger partial charge in [0.15, 0.2) is 0 Å². The van der Waals surface area contributed by atoms with Gasteiger partial charge in [0.2, 0.25) is 0 Å². The van der Waals surface area contributed by atoms with Crippen molar-refractivity contribution >= 4 is 23.2 Å². The Balaban J connectivity index is 2.22. The molecule has 0 spiro atoms. The molecule has 0 aliphatic heterocycles. The highest BCUT2D eigenvalue weighted by Gasteiger charge is 2.10. The van der Waals surface area contributed by atoms with Gasteiger partial charge >= 0.3 is 0 Å². The maximum atomic E-state index is 6.13. The monoisotopic (exact) mass is 309 g/mol. The van der Waals surface area contributed by atoms with Gasteiger partial charge in [0.05, 0.1) is 0 Å². The van der Waals surface area contributed by atoms with Crippen LogP contribution < -0.4 is 10.5 Å². The third kappa shape index (κ3) is 3.66. The number of rotatable bonds is 4. The van der Waals surface area contributed by atoms with Crippen molar-refractivity contribution in [1.29, 1.82) is 0 Å². The zero-order valence-corrected chi connectivity index (χ0v) is 13.0. The maximum Gasteiger partial charge on any atom is 0.124 e. The first-order valence-corrected chi connectivity index (χ1v) is 7.16. The fourth-order valence-corrected chi connectivity index (χ4v) is 2.32. The Hall–Kier alpha value is -1.22. The Morgan fingerprint density at radius 3 is 2.60 bits per heavy atom. The summed E-state index contributed by atoms with van der Waals surface area (Å²) in [6, 6.07) is 11.3. The molecule has 4 heteroatoms. The summed E-state index contributed by atoms with van der Waals surface area (Å²) in [5, 5.41) is 1.29. The van der Waals surface area contributed by atoms with E-state index in [0.717, 1.165) is 22.4 Å². The van der Waals surface area contributed by atoms with Gasteiger partial charge in [-0.2, -0.15) is 0 Å². The zero-order chi connectivity index (χ0) is 14.7. The van der Waals surface area contributed by atoms with E-state index in [1.54, 1.807) is 12.1 Å². The molecule has 0 aliphatic carbocycles. The van der Waals surface area contributed by atoms with E-state index in [-0.39, 0.29) is 6.04 Å². The van der Waals surface area contributed by atoms with Gasteiger partial charge in [0.25, 0.3) is 0 Å². The molecule has 0 fully saturated rings. The lowest BCUT2D eigenvalue weighted by molar-refractivity contribution is 0.301. The summed E-state index contributed by atoms with van der Waals surface area (Å²) in [4.78, 5) is 0. The second-order valence-corrected chi connectivity index (χ2v) is 5.70. The minimum Gasteiger partial charge on any atom is -0.488 e. The predicted octanol–water partition coefficient (Wildman–Crippen LogP) is 4.90. The van der Waals surface area contributed by atoms with Gasteiger partial charge in [-0.1, -0.05) is 35.3 Å². The van der Waals surface area contributed by atoms with Crippen molar-refractivity contribution in [3.05, 3.63) is 63.1 Å². The standard InChI is InChI=1S/C16H17Cl2NO/c1-10-3-5-14(11(2)19)16(7-10)20-9-12-8-13(17)4-6-15(12)18/h3-8,11H,9,19H2,1-2H3. The van der Waals surface area contributed by atoms with Crippen molar-refractivity contribution in [3.8, 4) is 5.75 Å². The number of halogens is 2. The van der Waals surface area contributed by atoms with E-state index < -0.39 is 0 Å². The van der Waals surface area contributed by atoms with Crippen molar-refractivity contribution in [2.75, 3.05) is 0 Å². The Labute approximate surface area is 129 Å². The van der Waals surface area contributed by atoms with E-state index in [1.807, 2.05) is 38.1 Å². The molecular formula is C16H17Cl2NO. The quantitative estimate of drug-likeness (QED) is 0.871. The van der Waals surface area contributed by atoms with Crippen LogP contribution in [0.2, 0.25) is 10.0 Å². The second kappa shape index (κ2) is 6.49. The molecule has 1 unspecified atom stereocenters. The van der Waals surface area contributed by atoms with Crippen LogP contribution >= 0.6 is 23.2 Å². The van der Waals surface area contributed by atoms with Gasteiger partial charge in [-0.3, -0.25) is 0 Å². The average molecular weight is 310 g/mol. The summed E-state index contributed by atoms with van der Waals surface area (Å²) in [5.74, 6) is 0.788. The molecule has 0 saturated heterocycles. The molecular weight excluding hydrogens is 293 g/mol. The largest absolute Gasteiger partial charge is 0.488 e. The van der Waals surface area contributed by atoms with Crippen LogP contribution in [0.5, 0.6) is 5.75 Å². The molecule has 2 aromatic carbocycles. The van der Waals surface area contributed by atoms with E-state index in [9.17, 15) is 0 Å². The molecule has 2 N–H and O–H groups in total. The molecule has 0 radical (unpaired) electrons. The van der Waals surface area contributed by atoms with E-state index in [0.29, 0.717) is 16.7 Å². The molecule has 0 amide bonds. The normalized spacial score (nSPS) is 12.2. The molecule has 0 aromatic heterocycles. The third-order valence-corrected chi connectivity index (χ3v) is 3.65. The van der Waals surface area contributed by atoms with Gasteiger partial charge in [-0.05, 0) is 43.7 Å². The van der Waals surface area contributed by atoms with Crippen LogP contribution in [0.4, 0.5) is 0 Å². The van der Waals surface area contributed by atoms with Gasteiger partial charge in [0.1, 0.15) is 12.4 Å². The highest BCUT2D eigenvalue weighted by molar-refractivity contribution is 6.33. The lowest BCUT2D eigenvalue weighted by Gasteiger charge is -2.15. The average Bonchev–Trinajstić information content (AvgIpc) is 2.39. The van der Waals surface area contributed by atoms with E-state index in [4.69, 9.17) is 33.7 Å². The summed E-state index contributed by atoms with van der Waals surface area (Å²) in [7, 11) is 0. The number of nitrogens with two attached hydrogens (primary N) is 1. The molecule has 0 aliphatic rings. The molecule has 2 rings (SSSR count). The topological polar surface area (TPSA) is 35.2 Å². The molecule has 0 heterocycles. The summed E-state index contributed by atoms with van der Waals surface area (Å²) in [5.41, 5.74) is 8.92. The first-order valence-electron chi connectivity index (χ1n) is 6.40. The molecule has 106 valence electrons. The van der Waals surface area contributed by atoms with Gasteiger partial charge in [-0.25, -0.2) is 0 Å². The Bertz CT molecular complexity index is 611. The lowest BCUT2D eigenvalue weighted by atomic mass is 10.1. The number of hydrogen-bond donors (Lipinski definition) is 1. The first kappa shape index (κ1) is 15.2. The van der Waals surface area contributed by atoms with Crippen molar-refractivity contribution < 1.29 is 4.74 Å². The number of aryl methyl sites for hydroxylation is 1. The molecule has 2 nitrogen and oxygen atoms in total. The van der Waals surface area contributed by atoms with Gasteiger partial charge < -0.3 is 10.5 Å². The fourth-order valence-electron chi connectivity index (χ4n) is 1.95. The van der Waals surface area contributed by atoms with Crippen LogP contribution in [-0.4, -0.2) is 0 Å². The van der Waals surface area contributed by atoms with Crippen molar-refractivity contribution in [2.24, 2.45) is 5.73 Å². The Kier molecular flexibility index (Phi) is 4.92. The van der Waals surface area contributed by atoms with Gasteiger partial charge in [0, 0.05) is 27.2 Å². The van der Waals surface area contributed by atoms with Crippen molar-refractivity contribution in [1.82, 2.24) is 0 Å². The first-order chi connectivity index (χ1) is 9.47. The lowest BCUT2D eigenvalue weighted by Crippen LogP contribution is -2.08. The van der Waals surface area contributed by atoms with Crippen LogP contribution in [0.15, 0.2) is 36.4 Å². The SMILES string of the molecule is Cc1ccc(C(C)N)c(OCc2cc(Cl)ccc2Cl)c1. The highest BCUT2D eigenvalue weighted by atomic mass is 35.5. The number of hydrogen-bond acceptors (Lipinski definition) is 2. The zero-order valence-electron chi connectivity index (χ0n) is 11.5. The third-order valence-electron chi connectivity index (χ3n) is 3.05. The van der Waals surface area contributed by atoms with Crippen LogP contribution in [-0.2, 0) is 6.61 Å². The Morgan fingerprint density at radius 1 is 1.15 bits per heavy atom.